The van der Waals surface area contributed by atoms with Gasteiger partial charge in [0.25, 0.3) is 19.2 Å². The molecule has 2 fully saturated rings. The third kappa shape index (κ3) is 4.40. The largest absolute Gasteiger partial charge is 0.551 e. The summed E-state index contributed by atoms with van der Waals surface area (Å²) in [6.07, 6.45) is 9.74. The molecule has 1 unspecified atom stereocenters. The molecule has 4 rings (SSSR count). The molecule has 1 aliphatic carbocycles. The number of hydrogen-bond acceptors (Lipinski definition) is 3. The van der Waals surface area contributed by atoms with E-state index in [-0.39, 0.29) is 11.8 Å². The number of fused-ring (bicyclic) bond motifs is 1. The van der Waals surface area contributed by atoms with E-state index in [0.717, 1.165) is 43.5 Å². The minimum atomic E-state index is -0.489. The fraction of sp³-hybridized carbons (Fsp3) is 0.591. The maximum absolute atomic E-state index is 12.8. The van der Waals surface area contributed by atoms with Crippen molar-refractivity contribution in [3.05, 3.63) is 27.1 Å². The highest BCUT2D eigenvalue weighted by molar-refractivity contribution is 6.07. The quantitative estimate of drug-likeness (QED) is 0.842. The molecule has 150 valence electrons. The number of likely N-dealkylation sites (tertiary alicyclic amines) is 1. The molecule has 1 aromatic heterocycles. The van der Waals surface area contributed by atoms with Gasteiger partial charge in [-0.3, -0.25) is 9.79 Å². The van der Waals surface area contributed by atoms with Crippen LogP contribution in [0.25, 0.3) is 9.69 Å². The first kappa shape index (κ1) is 19.4. The van der Waals surface area contributed by atoms with Crippen LogP contribution in [0.5, 0.6) is 0 Å². The van der Waals surface area contributed by atoms with Gasteiger partial charge >= 0.3 is 5.91 Å². The van der Waals surface area contributed by atoms with Crippen LogP contribution in [0.1, 0.15) is 61.0 Å². The van der Waals surface area contributed by atoms with E-state index in [1.54, 1.807) is 11.1 Å². The highest BCUT2D eigenvalue weighted by Crippen LogP contribution is 2.37. The first-order chi connectivity index (χ1) is 14.2. The predicted octanol–water partition coefficient (Wildman–Crippen LogP) is 3.90. The standard InChI is InChI=1S/C22H26N5O2/c1-23-10-12-27-11-4-5-16(22(27)29)13-25-21(28)17-14-24-19-7-3-2-6-18(15-8-9-15)26-20(17)19/h1,14-16H,2-12H2/q+1/p+1. The summed E-state index contributed by atoms with van der Waals surface area (Å²) >= 11 is 0. The Balaban J connectivity index is 1.53. The number of piperidine rings is 1. The summed E-state index contributed by atoms with van der Waals surface area (Å²) in [5, 5.41) is 0. The number of amides is 2. The van der Waals surface area contributed by atoms with Crippen molar-refractivity contribution in [2.24, 2.45) is 16.8 Å². The van der Waals surface area contributed by atoms with Gasteiger partial charge in [0.15, 0.2) is 11.5 Å². The number of H-pyrrole nitrogens is 1. The first-order valence-corrected chi connectivity index (χ1v) is 10.6. The molecule has 1 saturated heterocycles. The molecular weight excluding hydrogens is 366 g/mol. The summed E-state index contributed by atoms with van der Waals surface area (Å²) in [5.41, 5.74) is 3.45. The van der Waals surface area contributed by atoms with Crippen molar-refractivity contribution in [1.29, 1.82) is 0 Å². The summed E-state index contributed by atoms with van der Waals surface area (Å²) in [7, 11) is 0. The lowest BCUT2D eigenvalue weighted by Gasteiger charge is -2.26. The van der Waals surface area contributed by atoms with Crippen LogP contribution < -0.4 is 0 Å². The molecule has 0 bridgehead atoms. The Hall–Kier alpha value is -2.93. The SMILES string of the molecule is C#[N+]CCN1CCCC(C#[N+]C(=O)c2c[nH]c3c2N=C(C2CC2)CCCC3)C1=O. The van der Waals surface area contributed by atoms with Crippen LogP contribution >= 0.6 is 0 Å². The Morgan fingerprint density at radius 3 is 2.90 bits per heavy atom. The molecule has 1 atom stereocenters. The van der Waals surface area contributed by atoms with Crippen molar-refractivity contribution < 1.29 is 9.59 Å². The predicted molar refractivity (Wildman–Crippen MR) is 112 cm³/mol. The second-order valence-corrected chi connectivity index (χ2v) is 8.09. The first-order valence-electron chi connectivity index (χ1n) is 10.6. The van der Waals surface area contributed by atoms with E-state index in [4.69, 9.17) is 11.6 Å². The molecule has 7 nitrogen and oxygen atoms in total. The second kappa shape index (κ2) is 8.61. The molecule has 1 aromatic rings. The van der Waals surface area contributed by atoms with Crippen LogP contribution in [0, 0.1) is 24.5 Å². The molecule has 1 N–H and O–H groups in total. The Morgan fingerprint density at radius 2 is 2.10 bits per heavy atom. The molecule has 3 heterocycles. The van der Waals surface area contributed by atoms with Gasteiger partial charge in [0, 0.05) is 29.0 Å². The van der Waals surface area contributed by atoms with Gasteiger partial charge in [0.2, 0.25) is 5.91 Å². The Bertz CT molecular complexity index is 939. The average molecular weight is 393 g/mol. The smallest absolute Gasteiger partial charge is 0.362 e. The van der Waals surface area contributed by atoms with Crippen LogP contribution in [0.15, 0.2) is 11.2 Å². The van der Waals surface area contributed by atoms with E-state index >= 15 is 0 Å². The summed E-state index contributed by atoms with van der Waals surface area (Å²) in [6.45, 7) is 6.77. The molecule has 1 saturated carbocycles. The van der Waals surface area contributed by atoms with E-state index in [9.17, 15) is 9.59 Å². The number of nitrogens with one attached hydrogen (secondary N) is 1. The number of carbonyl (C=O) groups excluding carboxylic acids is 2. The lowest BCUT2D eigenvalue weighted by Crippen LogP contribution is -2.41. The van der Waals surface area contributed by atoms with E-state index in [0.29, 0.717) is 37.5 Å². The topological polar surface area (TPSA) is 74.2 Å². The maximum atomic E-state index is 12.8. The highest BCUT2D eigenvalue weighted by atomic mass is 16.2. The van der Waals surface area contributed by atoms with Crippen molar-refractivity contribution in [3.63, 3.8) is 0 Å². The lowest BCUT2D eigenvalue weighted by molar-refractivity contribution is -0.135. The summed E-state index contributed by atoms with van der Waals surface area (Å²) in [5.74, 6) is -0.351. The number of hydrogen-bond donors (Lipinski definition) is 1. The second-order valence-electron chi connectivity index (χ2n) is 8.09. The van der Waals surface area contributed by atoms with Crippen LogP contribution in [-0.2, 0) is 11.2 Å². The Morgan fingerprint density at radius 1 is 1.28 bits per heavy atom. The normalized spacial score (nSPS) is 21.8. The van der Waals surface area contributed by atoms with Gasteiger partial charge in [-0.15, -0.1) is 0 Å². The summed E-state index contributed by atoms with van der Waals surface area (Å²) < 4.78 is 0. The molecule has 2 aliphatic heterocycles. The minimum absolute atomic E-state index is 0.0603. The molecule has 0 aromatic carbocycles. The maximum Gasteiger partial charge on any atom is 0.551 e. The van der Waals surface area contributed by atoms with E-state index in [1.165, 1.54) is 18.6 Å². The molecule has 2 amide bonds. The zero-order valence-electron chi connectivity index (χ0n) is 16.7. The number of aryl methyl sites for hydroxylation is 1. The molecule has 7 heteroatoms. The fourth-order valence-electron chi connectivity index (χ4n) is 4.12. The number of aromatic nitrogens is 1. The van der Waals surface area contributed by atoms with Crippen molar-refractivity contribution in [2.45, 2.75) is 51.4 Å². The van der Waals surface area contributed by atoms with Crippen LogP contribution in [0.2, 0.25) is 0 Å². The summed E-state index contributed by atoms with van der Waals surface area (Å²) in [4.78, 5) is 42.8. The van der Waals surface area contributed by atoms with Gasteiger partial charge in [0.05, 0.1) is 6.54 Å². The molecule has 3 aliphatic rings. The number of nitrogens with zero attached hydrogens (tertiary/aromatic N) is 4. The molecular formula is C22H27N5O2+2. The number of rotatable bonds is 4. The lowest BCUT2D eigenvalue weighted by atomic mass is 9.98. The van der Waals surface area contributed by atoms with Crippen molar-refractivity contribution in [3.8, 4) is 12.6 Å². The molecule has 0 spiro atoms. The minimum Gasteiger partial charge on any atom is -0.362 e. The monoisotopic (exact) mass is 393 g/mol. The van der Waals surface area contributed by atoms with Crippen molar-refractivity contribution in [1.82, 2.24) is 9.88 Å². The van der Waals surface area contributed by atoms with Gasteiger partial charge in [-0.2, -0.15) is 4.79 Å². The van der Waals surface area contributed by atoms with Crippen LogP contribution in [0.3, 0.4) is 0 Å². The van der Waals surface area contributed by atoms with E-state index < -0.39 is 5.92 Å². The Labute approximate surface area is 170 Å². The third-order valence-corrected chi connectivity index (χ3v) is 5.93. The van der Waals surface area contributed by atoms with Gasteiger partial charge in [-0.25, -0.2) is 0 Å². The molecule has 0 radical (unpaired) electrons. The highest BCUT2D eigenvalue weighted by Gasteiger charge is 2.34. The van der Waals surface area contributed by atoms with Gasteiger partial charge in [0.1, 0.15) is 5.69 Å². The van der Waals surface area contributed by atoms with E-state index in [2.05, 4.69) is 20.7 Å². The Kier molecular flexibility index (Phi) is 5.76. The van der Waals surface area contributed by atoms with Gasteiger partial charge in [-0.05, 0) is 57.3 Å². The zero-order chi connectivity index (χ0) is 20.2. The number of aromatic amines is 1. The van der Waals surface area contributed by atoms with Gasteiger partial charge < -0.3 is 9.88 Å². The number of aliphatic imine (C=N–C) groups is 1. The zero-order valence-corrected chi connectivity index (χ0v) is 16.7. The van der Waals surface area contributed by atoms with Gasteiger partial charge in [-0.1, -0.05) is 4.85 Å². The fourth-order valence-corrected chi connectivity index (χ4v) is 4.12. The summed E-state index contributed by atoms with van der Waals surface area (Å²) in [6, 6.07) is 2.81. The third-order valence-electron chi connectivity index (χ3n) is 5.93. The average Bonchev–Trinajstić information content (AvgIpc) is 3.48. The van der Waals surface area contributed by atoms with E-state index in [1.807, 2.05) is 0 Å². The number of carbonyl (C=O) groups is 2. The van der Waals surface area contributed by atoms with Crippen molar-refractivity contribution in [2.75, 3.05) is 19.6 Å². The van der Waals surface area contributed by atoms with Crippen molar-refractivity contribution >= 4 is 23.2 Å². The molecule has 29 heavy (non-hydrogen) atoms. The van der Waals surface area contributed by atoms with Crippen LogP contribution in [0.4, 0.5) is 5.69 Å². The van der Waals surface area contributed by atoms with Crippen LogP contribution in [-0.4, -0.2) is 47.0 Å².